The van der Waals surface area contributed by atoms with E-state index in [9.17, 15) is 9.59 Å². The quantitative estimate of drug-likeness (QED) is 0.472. The molecule has 0 aliphatic rings. The molecule has 160 valence electrons. The summed E-state index contributed by atoms with van der Waals surface area (Å²) in [5.74, 6) is 0.558. The monoisotopic (exact) mass is 426 g/mol. The molecule has 2 heterocycles. The van der Waals surface area contributed by atoms with Crippen LogP contribution in [0.2, 0.25) is 0 Å². The Morgan fingerprint density at radius 1 is 0.938 bits per heavy atom. The number of pyridine rings is 1. The minimum atomic E-state index is -0.300. The molecule has 2 aromatic heterocycles. The van der Waals surface area contributed by atoms with Gasteiger partial charge in [0, 0.05) is 23.0 Å². The highest BCUT2D eigenvalue weighted by Gasteiger charge is 2.14. The van der Waals surface area contributed by atoms with Gasteiger partial charge in [0.25, 0.3) is 11.8 Å². The molecule has 0 saturated heterocycles. The number of aromatic nitrogens is 2. The van der Waals surface area contributed by atoms with Crippen LogP contribution in [0.25, 0.3) is 11.5 Å². The Balaban J connectivity index is 1.45. The maximum atomic E-state index is 12.4. The number of oxazole rings is 1. The van der Waals surface area contributed by atoms with E-state index >= 15 is 0 Å². The summed E-state index contributed by atoms with van der Waals surface area (Å²) < 4.78 is 5.81. The number of nitrogens with one attached hydrogen (secondary N) is 2. The zero-order valence-electron chi connectivity index (χ0n) is 17.8. The van der Waals surface area contributed by atoms with E-state index in [1.54, 1.807) is 55.6 Å². The molecule has 0 fully saturated rings. The second kappa shape index (κ2) is 9.26. The molecule has 0 aliphatic heterocycles. The molecule has 2 amide bonds. The molecule has 4 aromatic rings. The fourth-order valence-corrected chi connectivity index (χ4v) is 3.11. The predicted octanol–water partition coefficient (Wildman–Crippen LogP) is 4.54. The molecule has 7 heteroatoms. The Morgan fingerprint density at radius 3 is 2.50 bits per heavy atom. The average molecular weight is 426 g/mol. The molecule has 2 N–H and O–H groups in total. The lowest BCUT2D eigenvalue weighted by atomic mass is 10.1. The van der Waals surface area contributed by atoms with Crippen LogP contribution in [0.1, 0.15) is 37.9 Å². The summed E-state index contributed by atoms with van der Waals surface area (Å²) in [6.07, 6.45) is 1.57. The second-order valence-electron chi connectivity index (χ2n) is 7.32. The predicted molar refractivity (Wildman–Crippen MR) is 121 cm³/mol. The molecule has 32 heavy (non-hydrogen) atoms. The Kier molecular flexibility index (Phi) is 6.07. The molecule has 4 rings (SSSR count). The first-order valence-corrected chi connectivity index (χ1v) is 10.1. The van der Waals surface area contributed by atoms with Gasteiger partial charge in [-0.15, -0.1) is 0 Å². The van der Waals surface area contributed by atoms with E-state index in [-0.39, 0.29) is 18.4 Å². The fraction of sp³-hybridized carbons (Fsp3) is 0.120. The van der Waals surface area contributed by atoms with Gasteiger partial charge in [-0.25, -0.2) is 4.98 Å². The molecule has 0 radical (unpaired) electrons. The average Bonchev–Trinajstić information content (AvgIpc) is 3.19. The van der Waals surface area contributed by atoms with Crippen LogP contribution in [0.4, 0.5) is 5.69 Å². The molecule has 0 atom stereocenters. The SMILES string of the molecule is Cc1ccc(C(=O)NCc2nc(-c3cccc(NC(=O)c4ccccn4)c3)oc2C)cc1. The molecular formula is C25H22N4O3. The first-order valence-electron chi connectivity index (χ1n) is 10.1. The van der Waals surface area contributed by atoms with Gasteiger partial charge in [0.2, 0.25) is 5.89 Å². The third-order valence-corrected chi connectivity index (χ3v) is 4.89. The minimum Gasteiger partial charge on any atom is -0.441 e. The van der Waals surface area contributed by atoms with E-state index in [0.29, 0.717) is 39.9 Å². The number of benzene rings is 2. The molecule has 7 nitrogen and oxygen atoms in total. The summed E-state index contributed by atoms with van der Waals surface area (Å²) in [5.41, 5.74) is 3.97. The maximum absolute atomic E-state index is 12.4. The summed E-state index contributed by atoms with van der Waals surface area (Å²) in [5, 5.41) is 5.69. The van der Waals surface area contributed by atoms with Crippen molar-refractivity contribution in [2.75, 3.05) is 5.32 Å². The highest BCUT2D eigenvalue weighted by molar-refractivity contribution is 6.03. The van der Waals surface area contributed by atoms with Gasteiger partial charge in [-0.2, -0.15) is 0 Å². The van der Waals surface area contributed by atoms with E-state index in [0.717, 1.165) is 5.56 Å². The Morgan fingerprint density at radius 2 is 1.75 bits per heavy atom. The van der Waals surface area contributed by atoms with E-state index < -0.39 is 0 Å². The summed E-state index contributed by atoms with van der Waals surface area (Å²) in [7, 11) is 0. The summed E-state index contributed by atoms with van der Waals surface area (Å²) in [6.45, 7) is 4.02. The fourth-order valence-electron chi connectivity index (χ4n) is 3.11. The first kappa shape index (κ1) is 21.0. The maximum Gasteiger partial charge on any atom is 0.274 e. The topological polar surface area (TPSA) is 97.1 Å². The molecular weight excluding hydrogens is 404 g/mol. The van der Waals surface area contributed by atoms with Gasteiger partial charge in [-0.3, -0.25) is 14.6 Å². The van der Waals surface area contributed by atoms with Crippen molar-refractivity contribution in [3.05, 3.63) is 101 Å². The Labute approximate surface area is 185 Å². The van der Waals surface area contributed by atoms with Crippen molar-refractivity contribution in [2.45, 2.75) is 20.4 Å². The molecule has 0 saturated carbocycles. The number of carbonyl (C=O) groups is 2. The number of nitrogens with zero attached hydrogens (tertiary/aromatic N) is 2. The van der Waals surface area contributed by atoms with Gasteiger partial charge in [-0.1, -0.05) is 29.8 Å². The van der Waals surface area contributed by atoms with Gasteiger partial charge < -0.3 is 15.1 Å². The van der Waals surface area contributed by atoms with Crippen LogP contribution in [-0.2, 0) is 6.54 Å². The van der Waals surface area contributed by atoms with Crippen molar-refractivity contribution < 1.29 is 14.0 Å². The third kappa shape index (κ3) is 4.89. The number of rotatable bonds is 6. The van der Waals surface area contributed by atoms with E-state index in [1.807, 2.05) is 31.2 Å². The Bertz CT molecular complexity index is 1250. The van der Waals surface area contributed by atoms with Crippen molar-refractivity contribution in [1.29, 1.82) is 0 Å². The lowest BCUT2D eigenvalue weighted by molar-refractivity contribution is 0.0949. The zero-order valence-corrected chi connectivity index (χ0v) is 17.8. The van der Waals surface area contributed by atoms with Gasteiger partial charge in [0.05, 0.1) is 6.54 Å². The van der Waals surface area contributed by atoms with E-state index in [2.05, 4.69) is 20.6 Å². The van der Waals surface area contributed by atoms with Crippen LogP contribution in [0.5, 0.6) is 0 Å². The standard InChI is InChI=1S/C25H22N4O3/c1-16-9-11-18(12-10-16)23(30)27-15-22-17(2)32-25(29-22)19-6-5-7-20(14-19)28-24(31)21-8-3-4-13-26-21/h3-14H,15H2,1-2H3,(H,27,30)(H,28,31). The summed E-state index contributed by atoms with van der Waals surface area (Å²) in [6, 6.07) is 19.7. The number of hydrogen-bond donors (Lipinski definition) is 2. The highest BCUT2D eigenvalue weighted by atomic mass is 16.4. The molecule has 0 bridgehead atoms. The number of anilines is 1. The van der Waals surface area contributed by atoms with Crippen LogP contribution in [0, 0.1) is 13.8 Å². The molecule has 0 aliphatic carbocycles. The number of amides is 2. The smallest absolute Gasteiger partial charge is 0.274 e. The molecule has 0 spiro atoms. The lowest BCUT2D eigenvalue weighted by Crippen LogP contribution is -2.23. The van der Waals surface area contributed by atoms with Crippen molar-refractivity contribution in [3.63, 3.8) is 0 Å². The molecule has 2 aromatic carbocycles. The third-order valence-electron chi connectivity index (χ3n) is 4.89. The van der Waals surface area contributed by atoms with Crippen LogP contribution < -0.4 is 10.6 Å². The summed E-state index contributed by atoms with van der Waals surface area (Å²) >= 11 is 0. The van der Waals surface area contributed by atoms with E-state index in [4.69, 9.17) is 4.42 Å². The number of hydrogen-bond acceptors (Lipinski definition) is 5. The van der Waals surface area contributed by atoms with Crippen molar-refractivity contribution in [3.8, 4) is 11.5 Å². The normalized spacial score (nSPS) is 10.6. The van der Waals surface area contributed by atoms with Crippen molar-refractivity contribution in [1.82, 2.24) is 15.3 Å². The van der Waals surface area contributed by atoms with Crippen molar-refractivity contribution in [2.24, 2.45) is 0 Å². The minimum absolute atomic E-state index is 0.173. The second-order valence-corrected chi connectivity index (χ2v) is 7.32. The van der Waals surface area contributed by atoms with Crippen LogP contribution in [0.15, 0.2) is 77.3 Å². The van der Waals surface area contributed by atoms with Gasteiger partial charge in [-0.05, 0) is 56.3 Å². The van der Waals surface area contributed by atoms with E-state index in [1.165, 1.54) is 0 Å². The summed E-state index contributed by atoms with van der Waals surface area (Å²) in [4.78, 5) is 33.3. The lowest BCUT2D eigenvalue weighted by Gasteiger charge is -2.05. The highest BCUT2D eigenvalue weighted by Crippen LogP contribution is 2.24. The largest absolute Gasteiger partial charge is 0.441 e. The first-order chi connectivity index (χ1) is 15.5. The van der Waals surface area contributed by atoms with Crippen LogP contribution in [-0.4, -0.2) is 21.8 Å². The molecule has 0 unspecified atom stereocenters. The zero-order chi connectivity index (χ0) is 22.5. The van der Waals surface area contributed by atoms with Crippen LogP contribution >= 0.6 is 0 Å². The number of aryl methyl sites for hydroxylation is 2. The van der Waals surface area contributed by atoms with Gasteiger partial charge in [0.1, 0.15) is 17.1 Å². The van der Waals surface area contributed by atoms with Crippen molar-refractivity contribution >= 4 is 17.5 Å². The van der Waals surface area contributed by atoms with Gasteiger partial charge in [0.15, 0.2) is 0 Å². The Hall–Kier alpha value is -4.26. The number of carbonyl (C=O) groups excluding carboxylic acids is 2. The van der Waals surface area contributed by atoms with Gasteiger partial charge >= 0.3 is 0 Å². The van der Waals surface area contributed by atoms with Crippen LogP contribution in [0.3, 0.4) is 0 Å².